The van der Waals surface area contributed by atoms with Crippen LogP contribution in [0.15, 0.2) is 88.7 Å². The van der Waals surface area contributed by atoms with Crippen molar-refractivity contribution in [2.45, 2.75) is 23.5 Å². The van der Waals surface area contributed by atoms with Crippen molar-refractivity contribution in [3.63, 3.8) is 0 Å². The lowest BCUT2D eigenvalue weighted by molar-refractivity contribution is -0.384. The van der Waals surface area contributed by atoms with Gasteiger partial charge in [0.25, 0.3) is 5.69 Å². The molecule has 0 saturated carbocycles. The van der Waals surface area contributed by atoms with Crippen molar-refractivity contribution in [3.8, 4) is 17.5 Å². The molecule has 0 spiro atoms. The topological polar surface area (TPSA) is 128 Å². The molecular weight excluding hydrogens is 464 g/mol. The fraction of sp³-hybridized carbons (Fsp3) is 0.0800. The molecule has 0 saturated heterocycles. The van der Waals surface area contributed by atoms with Gasteiger partial charge in [-0.05, 0) is 48.5 Å². The van der Waals surface area contributed by atoms with E-state index in [4.69, 9.17) is 0 Å². The molecule has 0 fully saturated rings. The minimum Gasteiger partial charge on any atom is -0.302 e. The van der Waals surface area contributed by atoms with Crippen LogP contribution < -0.4 is 0 Å². The van der Waals surface area contributed by atoms with Crippen molar-refractivity contribution in [1.29, 1.82) is 5.26 Å². The molecule has 9 nitrogen and oxygen atoms in total. The van der Waals surface area contributed by atoms with Crippen LogP contribution in [0.1, 0.15) is 22.8 Å². The zero-order valence-corrected chi connectivity index (χ0v) is 19.3. The van der Waals surface area contributed by atoms with E-state index < -0.39 is 10.7 Å². The Morgan fingerprint density at radius 3 is 2.54 bits per heavy atom. The number of nitrogens with zero attached hydrogens (tertiary/aromatic N) is 6. The molecule has 4 aromatic rings. The lowest BCUT2D eigenvalue weighted by atomic mass is 10.0. The summed E-state index contributed by atoms with van der Waals surface area (Å²) in [6.07, 6.45) is 4.72. The molecule has 0 N–H and O–H groups in total. The SMILES string of the molecule is CCn1c(Sc2ccc([N+](=O)[O-])cc2/C=C(/C#N)C(=O)c2ccccc2)nnc1-c1ccncc1. The molecular formula is C25H18N6O3S. The van der Waals surface area contributed by atoms with Crippen molar-refractivity contribution in [1.82, 2.24) is 19.7 Å². The summed E-state index contributed by atoms with van der Waals surface area (Å²) in [7, 11) is 0. The Morgan fingerprint density at radius 2 is 1.89 bits per heavy atom. The van der Waals surface area contributed by atoms with Crippen molar-refractivity contribution in [2.24, 2.45) is 0 Å². The third kappa shape index (κ3) is 5.15. The van der Waals surface area contributed by atoms with Gasteiger partial charge in [0.15, 0.2) is 11.0 Å². The first kappa shape index (κ1) is 23.5. The van der Waals surface area contributed by atoms with E-state index in [2.05, 4.69) is 15.2 Å². The standard InChI is InChI=1S/C25H18N6O3S/c1-2-30-24(18-10-12-27-13-11-18)28-29-25(30)35-22-9-8-21(31(33)34)15-19(22)14-20(16-26)23(32)17-6-4-3-5-7-17/h3-15H,2H2,1H3/b20-14-. The molecule has 2 aromatic carbocycles. The molecule has 35 heavy (non-hydrogen) atoms. The lowest BCUT2D eigenvalue weighted by Crippen LogP contribution is -2.02. The second-order valence-corrected chi connectivity index (χ2v) is 8.24. The number of hydrogen-bond acceptors (Lipinski definition) is 8. The quantitative estimate of drug-likeness (QED) is 0.110. The highest BCUT2D eigenvalue weighted by Gasteiger charge is 2.19. The van der Waals surface area contributed by atoms with E-state index >= 15 is 0 Å². The maximum Gasteiger partial charge on any atom is 0.270 e. The Labute approximate surface area is 204 Å². The summed E-state index contributed by atoms with van der Waals surface area (Å²) in [5, 5.41) is 30.3. The van der Waals surface area contributed by atoms with Crippen molar-refractivity contribution >= 4 is 29.3 Å². The second-order valence-electron chi connectivity index (χ2n) is 7.23. The van der Waals surface area contributed by atoms with Crippen LogP contribution in [0, 0.1) is 21.4 Å². The van der Waals surface area contributed by atoms with Crippen LogP contribution >= 0.6 is 11.8 Å². The average Bonchev–Trinajstić information content (AvgIpc) is 3.31. The fourth-order valence-corrected chi connectivity index (χ4v) is 4.34. The number of carbonyl (C=O) groups excluding carboxylic acids is 1. The van der Waals surface area contributed by atoms with E-state index in [1.165, 1.54) is 30.0 Å². The van der Waals surface area contributed by atoms with E-state index in [0.29, 0.717) is 33.5 Å². The number of carbonyl (C=O) groups is 1. The van der Waals surface area contributed by atoms with Gasteiger partial charge in [0.2, 0.25) is 5.78 Å². The van der Waals surface area contributed by atoms with Gasteiger partial charge in [0.05, 0.1) is 4.92 Å². The van der Waals surface area contributed by atoms with Gasteiger partial charge in [-0.2, -0.15) is 5.26 Å². The summed E-state index contributed by atoms with van der Waals surface area (Å²) in [5.41, 5.74) is 1.28. The molecule has 0 bridgehead atoms. The van der Waals surface area contributed by atoms with E-state index in [-0.39, 0.29) is 11.3 Å². The van der Waals surface area contributed by atoms with Gasteiger partial charge in [-0.1, -0.05) is 30.3 Å². The number of ketones is 1. The summed E-state index contributed by atoms with van der Waals surface area (Å²) < 4.78 is 1.91. The number of aromatic nitrogens is 4. The van der Waals surface area contributed by atoms with Crippen molar-refractivity contribution < 1.29 is 9.72 Å². The number of Topliss-reactive ketones (excluding diaryl/α,β-unsaturated/α-hetero) is 1. The fourth-order valence-electron chi connectivity index (χ4n) is 3.37. The van der Waals surface area contributed by atoms with Gasteiger partial charge in [-0.3, -0.25) is 19.9 Å². The molecule has 2 aromatic heterocycles. The number of hydrogen-bond donors (Lipinski definition) is 0. The Morgan fingerprint density at radius 1 is 1.14 bits per heavy atom. The van der Waals surface area contributed by atoms with E-state index in [1.807, 2.05) is 29.7 Å². The van der Waals surface area contributed by atoms with Crippen LogP contribution in [0.25, 0.3) is 17.5 Å². The minimum absolute atomic E-state index is 0.131. The Hall–Kier alpha value is -4.62. The lowest BCUT2D eigenvalue weighted by Gasteiger charge is -2.09. The van der Waals surface area contributed by atoms with Gasteiger partial charge < -0.3 is 4.57 Å². The predicted octanol–water partition coefficient (Wildman–Crippen LogP) is 5.21. The minimum atomic E-state index is -0.521. The first-order chi connectivity index (χ1) is 17.0. The number of non-ortho nitro benzene ring substituents is 1. The van der Waals surface area contributed by atoms with Gasteiger partial charge >= 0.3 is 0 Å². The molecule has 10 heteroatoms. The highest BCUT2D eigenvalue weighted by molar-refractivity contribution is 7.99. The number of benzene rings is 2. The highest BCUT2D eigenvalue weighted by Crippen LogP contribution is 2.34. The van der Waals surface area contributed by atoms with Crippen LogP contribution in [0.4, 0.5) is 5.69 Å². The van der Waals surface area contributed by atoms with Gasteiger partial charge in [0, 0.05) is 47.1 Å². The zero-order chi connectivity index (χ0) is 24.8. The van der Waals surface area contributed by atoms with E-state index in [1.54, 1.807) is 48.8 Å². The molecule has 2 heterocycles. The van der Waals surface area contributed by atoms with E-state index in [0.717, 1.165) is 5.56 Å². The smallest absolute Gasteiger partial charge is 0.270 e. The molecule has 172 valence electrons. The molecule has 0 unspecified atom stereocenters. The molecule has 4 rings (SSSR count). The summed E-state index contributed by atoms with van der Waals surface area (Å²) in [6.45, 7) is 2.54. The Balaban J connectivity index is 1.77. The number of rotatable bonds is 8. The molecule has 0 amide bonds. The molecule has 0 aliphatic rings. The van der Waals surface area contributed by atoms with Crippen LogP contribution in [0.2, 0.25) is 0 Å². The third-order valence-electron chi connectivity index (χ3n) is 5.08. The Kier molecular flexibility index (Phi) is 7.09. The van der Waals surface area contributed by atoms with Crippen LogP contribution in [0.5, 0.6) is 0 Å². The number of nitro benzene ring substituents is 1. The monoisotopic (exact) mass is 482 g/mol. The van der Waals surface area contributed by atoms with Crippen LogP contribution in [-0.4, -0.2) is 30.5 Å². The molecule has 0 radical (unpaired) electrons. The van der Waals surface area contributed by atoms with E-state index in [9.17, 15) is 20.2 Å². The zero-order valence-electron chi connectivity index (χ0n) is 18.5. The van der Waals surface area contributed by atoms with Gasteiger partial charge in [-0.25, -0.2) is 0 Å². The number of allylic oxidation sites excluding steroid dienone is 1. The Bertz CT molecular complexity index is 1460. The normalized spacial score (nSPS) is 11.1. The number of nitro groups is 1. The van der Waals surface area contributed by atoms with Gasteiger partial charge in [-0.15, -0.1) is 10.2 Å². The summed E-state index contributed by atoms with van der Waals surface area (Å²) in [5.74, 6) is 0.195. The summed E-state index contributed by atoms with van der Waals surface area (Å²) >= 11 is 1.25. The highest BCUT2D eigenvalue weighted by atomic mass is 32.2. The largest absolute Gasteiger partial charge is 0.302 e. The summed E-state index contributed by atoms with van der Waals surface area (Å²) in [6, 6.07) is 18.3. The predicted molar refractivity (Wildman–Crippen MR) is 131 cm³/mol. The van der Waals surface area contributed by atoms with Crippen molar-refractivity contribution in [2.75, 3.05) is 0 Å². The molecule has 0 atom stereocenters. The number of nitriles is 1. The van der Waals surface area contributed by atoms with Crippen LogP contribution in [0.3, 0.4) is 0 Å². The first-order valence-electron chi connectivity index (χ1n) is 10.5. The third-order valence-corrected chi connectivity index (χ3v) is 6.15. The van der Waals surface area contributed by atoms with Gasteiger partial charge in [0.1, 0.15) is 11.6 Å². The summed E-state index contributed by atoms with van der Waals surface area (Å²) in [4.78, 5) is 28.4. The first-order valence-corrected chi connectivity index (χ1v) is 11.3. The maximum atomic E-state index is 12.9. The second kappa shape index (κ2) is 10.5. The van der Waals surface area contributed by atoms with Crippen molar-refractivity contribution in [3.05, 3.63) is 99.9 Å². The number of pyridine rings is 1. The average molecular weight is 483 g/mol. The maximum absolute atomic E-state index is 12.9. The molecule has 0 aliphatic carbocycles. The van der Waals surface area contributed by atoms with Crippen LogP contribution in [-0.2, 0) is 6.54 Å². The molecule has 0 aliphatic heterocycles.